The molecule has 0 saturated heterocycles. The number of halogens is 1. The van der Waals surface area contributed by atoms with Crippen LogP contribution in [0, 0.1) is 0 Å². The Morgan fingerprint density at radius 2 is 2.04 bits per heavy atom. The number of nitrogens with one attached hydrogen (secondary N) is 1. The van der Waals surface area contributed by atoms with Gasteiger partial charge in [0.2, 0.25) is 0 Å². The molecule has 0 saturated carbocycles. The first kappa shape index (κ1) is 15.2. The summed E-state index contributed by atoms with van der Waals surface area (Å²) < 4.78 is 7.35. The molecule has 3 rings (SSSR count). The highest BCUT2D eigenvalue weighted by atomic mass is 79.9. The Bertz CT molecular complexity index is 878. The summed E-state index contributed by atoms with van der Waals surface area (Å²) in [5.41, 5.74) is 1.54. The van der Waals surface area contributed by atoms with Crippen molar-refractivity contribution >= 4 is 39.1 Å². The molecule has 8 heteroatoms. The molecule has 0 unspecified atom stereocenters. The van der Waals surface area contributed by atoms with Gasteiger partial charge in [-0.15, -0.1) is 10.2 Å². The van der Waals surface area contributed by atoms with Gasteiger partial charge < -0.3 is 10.1 Å². The van der Waals surface area contributed by atoms with E-state index in [0.29, 0.717) is 16.9 Å². The number of benzene rings is 1. The average Bonchev–Trinajstić information content (AvgIpc) is 3.02. The van der Waals surface area contributed by atoms with Crippen LogP contribution in [0.15, 0.2) is 53.4 Å². The van der Waals surface area contributed by atoms with Crippen LogP contribution in [0.5, 0.6) is 0 Å². The summed E-state index contributed by atoms with van der Waals surface area (Å²) >= 11 is 3.32. The van der Waals surface area contributed by atoms with E-state index in [1.807, 2.05) is 6.07 Å². The van der Waals surface area contributed by atoms with Crippen molar-refractivity contribution in [1.82, 2.24) is 14.6 Å². The number of rotatable bonds is 4. The molecule has 7 nitrogen and oxygen atoms in total. The van der Waals surface area contributed by atoms with Gasteiger partial charge in [0.05, 0.1) is 11.3 Å². The van der Waals surface area contributed by atoms with Crippen LogP contribution in [0.4, 0.5) is 5.69 Å². The predicted octanol–water partition coefficient (Wildman–Crippen LogP) is 2.29. The fourth-order valence-electron chi connectivity index (χ4n) is 1.91. The van der Waals surface area contributed by atoms with Crippen molar-refractivity contribution in [2.45, 2.75) is 0 Å². The zero-order valence-corrected chi connectivity index (χ0v) is 13.4. The molecule has 116 valence electrons. The number of amides is 1. The SMILES string of the molecule is O=C(COC(=O)c1ccc2nncn2c1)Nc1ccccc1Br. The van der Waals surface area contributed by atoms with Crippen molar-refractivity contribution in [3.63, 3.8) is 0 Å². The summed E-state index contributed by atoms with van der Waals surface area (Å²) in [5, 5.41) is 10.2. The fraction of sp³-hybridized carbons (Fsp3) is 0.0667. The van der Waals surface area contributed by atoms with Gasteiger partial charge in [-0.1, -0.05) is 12.1 Å². The van der Waals surface area contributed by atoms with Gasteiger partial charge in [0.1, 0.15) is 6.33 Å². The molecule has 0 bridgehead atoms. The molecule has 2 heterocycles. The minimum atomic E-state index is -0.595. The molecule has 0 aliphatic rings. The molecule has 1 aromatic carbocycles. The zero-order valence-electron chi connectivity index (χ0n) is 11.8. The molecule has 2 aromatic heterocycles. The Balaban J connectivity index is 1.60. The third-order valence-electron chi connectivity index (χ3n) is 3.01. The van der Waals surface area contributed by atoms with Crippen molar-refractivity contribution in [1.29, 1.82) is 0 Å². The highest BCUT2D eigenvalue weighted by molar-refractivity contribution is 9.10. The number of pyridine rings is 1. The molecule has 23 heavy (non-hydrogen) atoms. The van der Waals surface area contributed by atoms with E-state index < -0.39 is 11.9 Å². The second kappa shape index (κ2) is 6.57. The first-order valence-corrected chi connectivity index (χ1v) is 7.44. The second-order valence-electron chi connectivity index (χ2n) is 4.62. The summed E-state index contributed by atoms with van der Waals surface area (Å²) in [4.78, 5) is 23.8. The number of ether oxygens (including phenoxy) is 1. The van der Waals surface area contributed by atoms with Crippen LogP contribution in [0.3, 0.4) is 0 Å². The van der Waals surface area contributed by atoms with E-state index in [9.17, 15) is 9.59 Å². The summed E-state index contributed by atoms with van der Waals surface area (Å²) in [6.07, 6.45) is 3.02. The number of carbonyl (C=O) groups is 2. The molecular weight excluding hydrogens is 364 g/mol. The topological polar surface area (TPSA) is 85.6 Å². The quantitative estimate of drug-likeness (QED) is 0.708. The molecule has 0 aliphatic carbocycles. The van der Waals surface area contributed by atoms with Gasteiger partial charge in [-0.05, 0) is 40.2 Å². The third kappa shape index (κ3) is 3.54. The zero-order chi connectivity index (χ0) is 16.2. The Morgan fingerprint density at radius 3 is 2.87 bits per heavy atom. The van der Waals surface area contributed by atoms with Gasteiger partial charge in [0, 0.05) is 10.7 Å². The van der Waals surface area contributed by atoms with Gasteiger partial charge >= 0.3 is 5.97 Å². The number of hydrogen-bond donors (Lipinski definition) is 1. The normalized spacial score (nSPS) is 10.5. The maximum absolute atomic E-state index is 12.0. The number of aromatic nitrogens is 3. The average molecular weight is 375 g/mol. The number of carbonyl (C=O) groups excluding carboxylic acids is 2. The first-order valence-electron chi connectivity index (χ1n) is 6.64. The predicted molar refractivity (Wildman–Crippen MR) is 86.0 cm³/mol. The highest BCUT2D eigenvalue weighted by Crippen LogP contribution is 2.20. The third-order valence-corrected chi connectivity index (χ3v) is 3.70. The Labute approximate surface area is 139 Å². The van der Waals surface area contributed by atoms with E-state index in [-0.39, 0.29) is 6.61 Å². The fourth-order valence-corrected chi connectivity index (χ4v) is 2.30. The molecule has 1 amide bonds. The lowest BCUT2D eigenvalue weighted by Gasteiger charge is -2.08. The first-order chi connectivity index (χ1) is 11.1. The minimum absolute atomic E-state index is 0.311. The van der Waals surface area contributed by atoms with E-state index in [4.69, 9.17) is 4.74 Å². The maximum Gasteiger partial charge on any atom is 0.340 e. The summed E-state index contributed by atoms with van der Waals surface area (Å²) in [6.45, 7) is -0.375. The summed E-state index contributed by atoms with van der Waals surface area (Å²) in [5.74, 6) is -1.02. The number of anilines is 1. The lowest BCUT2D eigenvalue weighted by atomic mass is 10.3. The van der Waals surface area contributed by atoms with Crippen LogP contribution in [0.1, 0.15) is 10.4 Å². The minimum Gasteiger partial charge on any atom is -0.452 e. The maximum atomic E-state index is 12.0. The van der Waals surface area contributed by atoms with E-state index in [2.05, 4.69) is 31.4 Å². The Morgan fingerprint density at radius 1 is 1.22 bits per heavy atom. The number of esters is 1. The molecule has 0 radical (unpaired) electrons. The number of fused-ring (bicyclic) bond motifs is 1. The van der Waals surface area contributed by atoms with Gasteiger partial charge in [-0.3, -0.25) is 9.20 Å². The highest BCUT2D eigenvalue weighted by Gasteiger charge is 2.12. The molecule has 0 atom stereocenters. The molecule has 3 aromatic rings. The van der Waals surface area contributed by atoms with Crippen molar-refractivity contribution in [2.75, 3.05) is 11.9 Å². The van der Waals surface area contributed by atoms with Crippen LogP contribution >= 0.6 is 15.9 Å². The Hall–Kier alpha value is -2.74. The molecule has 0 spiro atoms. The van der Waals surface area contributed by atoms with Crippen molar-refractivity contribution in [3.8, 4) is 0 Å². The van der Waals surface area contributed by atoms with Gasteiger partial charge in [0.25, 0.3) is 5.91 Å². The van der Waals surface area contributed by atoms with E-state index >= 15 is 0 Å². The molecular formula is C15H11BrN4O3. The summed E-state index contributed by atoms with van der Waals surface area (Å²) in [6, 6.07) is 10.4. The standard InChI is InChI=1S/C15H11BrN4O3/c16-11-3-1-2-4-12(11)18-14(21)8-23-15(22)10-5-6-13-19-17-9-20(13)7-10/h1-7,9H,8H2,(H,18,21). The van der Waals surface area contributed by atoms with Crippen molar-refractivity contribution < 1.29 is 14.3 Å². The molecule has 0 fully saturated rings. The monoisotopic (exact) mass is 374 g/mol. The number of hydrogen-bond acceptors (Lipinski definition) is 5. The van der Waals surface area contributed by atoms with Gasteiger partial charge in [-0.25, -0.2) is 4.79 Å². The largest absolute Gasteiger partial charge is 0.452 e. The van der Waals surface area contributed by atoms with Crippen LogP contribution in [-0.4, -0.2) is 33.1 Å². The number of para-hydroxylation sites is 1. The van der Waals surface area contributed by atoms with E-state index in [0.717, 1.165) is 4.47 Å². The smallest absolute Gasteiger partial charge is 0.340 e. The van der Waals surface area contributed by atoms with Gasteiger partial charge in [-0.2, -0.15) is 0 Å². The van der Waals surface area contributed by atoms with Crippen LogP contribution in [-0.2, 0) is 9.53 Å². The van der Waals surface area contributed by atoms with E-state index in [1.165, 1.54) is 6.33 Å². The lowest BCUT2D eigenvalue weighted by Crippen LogP contribution is -2.21. The summed E-state index contributed by atoms with van der Waals surface area (Å²) in [7, 11) is 0. The Kier molecular flexibility index (Phi) is 4.33. The van der Waals surface area contributed by atoms with E-state index in [1.54, 1.807) is 40.9 Å². The van der Waals surface area contributed by atoms with Crippen LogP contribution in [0.25, 0.3) is 5.65 Å². The molecule has 0 aliphatic heterocycles. The second-order valence-corrected chi connectivity index (χ2v) is 5.47. The number of nitrogens with zero attached hydrogens (tertiary/aromatic N) is 3. The van der Waals surface area contributed by atoms with Crippen LogP contribution < -0.4 is 5.32 Å². The van der Waals surface area contributed by atoms with Crippen molar-refractivity contribution in [3.05, 3.63) is 59.0 Å². The molecule has 1 N–H and O–H groups in total. The van der Waals surface area contributed by atoms with Crippen molar-refractivity contribution in [2.24, 2.45) is 0 Å². The lowest BCUT2D eigenvalue weighted by molar-refractivity contribution is -0.119. The van der Waals surface area contributed by atoms with Gasteiger partial charge in [0.15, 0.2) is 12.3 Å². The van der Waals surface area contributed by atoms with Crippen LogP contribution in [0.2, 0.25) is 0 Å².